The molecule has 0 radical (unpaired) electrons. The van der Waals surface area contributed by atoms with Crippen LogP contribution in [0.3, 0.4) is 0 Å². The van der Waals surface area contributed by atoms with Crippen LogP contribution in [0.4, 0.5) is 26.1 Å². The molecule has 4 aliphatic rings. The molecule has 5 aromatic rings. The highest BCUT2D eigenvalue weighted by molar-refractivity contribution is 6.08. The van der Waals surface area contributed by atoms with Crippen LogP contribution in [0, 0.1) is 0 Å². The van der Waals surface area contributed by atoms with Crippen molar-refractivity contribution in [3.63, 3.8) is 0 Å². The van der Waals surface area contributed by atoms with E-state index in [1.54, 1.807) is 49.2 Å². The second kappa shape index (κ2) is 17.8. The van der Waals surface area contributed by atoms with Gasteiger partial charge in [0.1, 0.15) is 11.9 Å². The third-order valence-electron chi connectivity index (χ3n) is 12.9. The molecule has 1 unspecified atom stereocenters. The third kappa shape index (κ3) is 8.52. The molecule has 0 spiro atoms. The van der Waals surface area contributed by atoms with E-state index in [0.29, 0.717) is 111 Å². The Bertz CT molecular complexity index is 2650. The number of rotatable bonds is 11. The largest absolute Gasteiger partial charge is 0.370 e. The Morgan fingerprint density at radius 3 is 2.55 bits per heavy atom. The second-order valence-corrected chi connectivity index (χ2v) is 17.1. The summed E-state index contributed by atoms with van der Waals surface area (Å²) in [5, 5.41) is 18.5. The predicted molar refractivity (Wildman–Crippen MR) is 234 cm³/mol. The van der Waals surface area contributed by atoms with E-state index in [-0.39, 0.29) is 42.2 Å². The number of amides is 5. The Balaban J connectivity index is 0.847. The second-order valence-electron chi connectivity index (χ2n) is 17.1. The summed E-state index contributed by atoms with van der Waals surface area (Å²) in [5.41, 5.74) is 5.53. The maximum atomic E-state index is 14.7. The first-order chi connectivity index (χ1) is 30.9. The van der Waals surface area contributed by atoms with Gasteiger partial charge in [0.2, 0.25) is 23.6 Å². The molecule has 9 rings (SSSR count). The molecule has 16 nitrogen and oxygen atoms in total. The summed E-state index contributed by atoms with van der Waals surface area (Å²) in [6, 6.07) is 11.6. The standard InChI is InChI=1S/C46H51F2N11O5/c1-27(60)57-21-16-37-35(26-57)44(58-18-5-7-29-22-33(30-24-50-55(2)25-30)34(43(47)48)23-38(29)58)54-59(37)31-14-19-56(20-15-31)41(62)9-4-17-49-39-12-10-28-6-3-8-32(42(28)52-39)45(63)51-36-11-13-40(61)53-46(36)64/h3,6,8,10,12,22-25,31,36,43H,4-5,7,9,11,13-21,26H2,1-2H3,(H,49,52)(H,51,63)(H,53,61,64). The van der Waals surface area contributed by atoms with Gasteiger partial charge in [-0.05, 0) is 80.0 Å². The van der Waals surface area contributed by atoms with Gasteiger partial charge in [-0.15, -0.1) is 0 Å². The minimum Gasteiger partial charge on any atom is -0.370 e. The molecule has 334 valence electrons. The van der Waals surface area contributed by atoms with Crippen molar-refractivity contribution in [1.29, 1.82) is 0 Å². The van der Waals surface area contributed by atoms with Gasteiger partial charge in [-0.25, -0.2) is 13.8 Å². The van der Waals surface area contributed by atoms with Crippen LogP contribution in [0.1, 0.15) is 97.1 Å². The summed E-state index contributed by atoms with van der Waals surface area (Å²) in [5.74, 6) is -0.0575. The Labute approximate surface area is 368 Å². The minimum atomic E-state index is -2.69. The number of anilines is 3. The van der Waals surface area contributed by atoms with E-state index >= 15 is 0 Å². The van der Waals surface area contributed by atoms with Crippen molar-refractivity contribution < 1.29 is 32.8 Å². The smallest absolute Gasteiger partial charge is 0.264 e. The van der Waals surface area contributed by atoms with Gasteiger partial charge >= 0.3 is 0 Å². The van der Waals surface area contributed by atoms with Gasteiger partial charge in [-0.2, -0.15) is 10.2 Å². The van der Waals surface area contributed by atoms with Crippen molar-refractivity contribution in [3.05, 3.63) is 82.8 Å². The molecule has 2 saturated heterocycles. The number of nitrogens with one attached hydrogen (secondary N) is 3. The van der Waals surface area contributed by atoms with Crippen LogP contribution in [0.15, 0.2) is 54.9 Å². The van der Waals surface area contributed by atoms with Crippen LogP contribution in [0.25, 0.3) is 22.0 Å². The molecule has 0 aliphatic carbocycles. The van der Waals surface area contributed by atoms with E-state index in [9.17, 15) is 32.8 Å². The van der Waals surface area contributed by atoms with E-state index in [4.69, 9.17) is 10.1 Å². The van der Waals surface area contributed by atoms with Gasteiger partial charge in [0.05, 0.1) is 29.9 Å². The van der Waals surface area contributed by atoms with E-state index in [1.807, 2.05) is 34.1 Å². The summed E-state index contributed by atoms with van der Waals surface area (Å²) in [4.78, 5) is 73.6. The number of piperidine rings is 2. The Kier molecular flexibility index (Phi) is 11.8. The zero-order valence-electron chi connectivity index (χ0n) is 35.9. The molecule has 3 N–H and O–H groups in total. The average Bonchev–Trinajstić information content (AvgIpc) is 3.91. The molecule has 1 atom stereocenters. The fraction of sp³-hybridized carbons (Fsp3) is 0.435. The molecule has 64 heavy (non-hydrogen) atoms. The number of benzene rings is 2. The number of likely N-dealkylation sites (tertiary alicyclic amines) is 1. The van der Waals surface area contributed by atoms with Crippen molar-refractivity contribution in [2.45, 2.75) is 89.8 Å². The highest BCUT2D eigenvalue weighted by Gasteiger charge is 2.35. The molecule has 0 bridgehead atoms. The van der Waals surface area contributed by atoms with Gasteiger partial charge in [0, 0.05) is 106 Å². The van der Waals surface area contributed by atoms with Gasteiger partial charge in [0.25, 0.3) is 12.3 Å². The number of alkyl halides is 2. The number of hydrogen-bond acceptors (Lipinski definition) is 10. The summed E-state index contributed by atoms with van der Waals surface area (Å²) >= 11 is 0. The number of nitrogens with zero attached hydrogens (tertiary/aromatic N) is 8. The lowest BCUT2D eigenvalue weighted by molar-refractivity contribution is -0.135. The number of imide groups is 1. The molecule has 2 fully saturated rings. The van der Waals surface area contributed by atoms with Crippen LogP contribution in [-0.4, -0.2) is 103 Å². The Hall–Kier alpha value is -6.72. The predicted octanol–water partition coefficient (Wildman–Crippen LogP) is 5.35. The van der Waals surface area contributed by atoms with Crippen LogP contribution < -0.4 is 20.9 Å². The first-order valence-corrected chi connectivity index (χ1v) is 22.0. The van der Waals surface area contributed by atoms with Crippen LogP contribution >= 0.6 is 0 Å². The summed E-state index contributed by atoms with van der Waals surface area (Å²) in [6.45, 7) is 4.74. The number of aryl methyl sites for hydroxylation is 2. The van der Waals surface area contributed by atoms with Crippen LogP contribution in [-0.2, 0) is 45.6 Å². The molecular weight excluding hydrogens is 825 g/mol. The molecule has 0 saturated carbocycles. The summed E-state index contributed by atoms with van der Waals surface area (Å²) in [6.07, 6.45) is 5.53. The topological polar surface area (TPSA) is 180 Å². The average molecular weight is 876 g/mol. The van der Waals surface area contributed by atoms with Crippen molar-refractivity contribution >= 4 is 57.8 Å². The number of aromatic nitrogens is 5. The SMILES string of the molecule is CC(=O)N1CCc2c(c(N3CCCc4cc(-c5cnn(C)c5)c(C(F)F)cc43)nn2C2CCN(C(=O)CCCNc3ccc4cccc(C(=O)NC5CCC(=O)NC5=O)c4n3)CC2)C1. The molecular formula is C46H51F2N11O5. The molecule has 3 aromatic heterocycles. The molecule has 2 aromatic carbocycles. The van der Waals surface area contributed by atoms with E-state index in [1.165, 1.54) is 0 Å². The Morgan fingerprint density at radius 1 is 0.969 bits per heavy atom. The number of halogens is 2. The van der Waals surface area contributed by atoms with E-state index in [0.717, 1.165) is 35.0 Å². The van der Waals surface area contributed by atoms with Gasteiger partial charge in [0.15, 0.2) is 5.82 Å². The highest BCUT2D eigenvalue weighted by Crippen LogP contribution is 2.44. The zero-order valence-corrected chi connectivity index (χ0v) is 35.9. The molecule has 4 aliphatic heterocycles. The Morgan fingerprint density at radius 2 is 1.80 bits per heavy atom. The quantitative estimate of drug-likeness (QED) is 0.116. The van der Waals surface area contributed by atoms with Crippen molar-refractivity contribution in [3.8, 4) is 11.1 Å². The normalized spacial score (nSPS) is 18.0. The fourth-order valence-electron chi connectivity index (χ4n) is 9.55. The zero-order chi connectivity index (χ0) is 44.6. The van der Waals surface area contributed by atoms with Gasteiger partial charge in [-0.1, -0.05) is 12.1 Å². The van der Waals surface area contributed by atoms with Crippen molar-refractivity contribution in [2.24, 2.45) is 7.05 Å². The lowest BCUT2D eigenvalue weighted by atomic mass is 9.92. The lowest BCUT2D eigenvalue weighted by Gasteiger charge is -2.34. The monoisotopic (exact) mass is 875 g/mol. The fourth-order valence-corrected chi connectivity index (χ4v) is 9.55. The maximum Gasteiger partial charge on any atom is 0.264 e. The van der Waals surface area contributed by atoms with Crippen LogP contribution in [0.2, 0.25) is 0 Å². The van der Waals surface area contributed by atoms with Gasteiger partial charge < -0.3 is 25.3 Å². The number of pyridine rings is 1. The lowest BCUT2D eigenvalue weighted by Crippen LogP contribution is -2.52. The maximum absolute atomic E-state index is 14.7. The number of fused-ring (bicyclic) bond motifs is 3. The van der Waals surface area contributed by atoms with Crippen molar-refractivity contribution in [2.75, 3.05) is 42.9 Å². The highest BCUT2D eigenvalue weighted by atomic mass is 19.3. The third-order valence-corrected chi connectivity index (χ3v) is 12.9. The van der Waals surface area contributed by atoms with E-state index < -0.39 is 24.3 Å². The summed E-state index contributed by atoms with van der Waals surface area (Å²) in [7, 11) is 1.77. The number of carbonyl (C=O) groups excluding carboxylic acids is 5. The first kappa shape index (κ1) is 42.6. The molecule has 5 amide bonds. The number of hydrogen-bond donors (Lipinski definition) is 3. The van der Waals surface area contributed by atoms with Crippen molar-refractivity contribution in [1.82, 2.24) is 45.0 Å². The van der Waals surface area contributed by atoms with Crippen LogP contribution in [0.5, 0.6) is 0 Å². The minimum absolute atomic E-state index is 0.0257. The van der Waals surface area contributed by atoms with Gasteiger partial charge in [-0.3, -0.25) is 38.7 Å². The first-order valence-electron chi connectivity index (χ1n) is 22.0. The number of carbonyl (C=O) groups is 5. The summed E-state index contributed by atoms with van der Waals surface area (Å²) < 4.78 is 33.1. The molecule has 18 heteroatoms. The number of para-hydroxylation sites is 1. The van der Waals surface area contributed by atoms with E-state index in [2.05, 4.69) is 30.6 Å². The molecule has 7 heterocycles.